The smallest absolute Gasteiger partial charge is 0.182 e. The molecule has 2 aromatic carbocycles. The summed E-state index contributed by atoms with van der Waals surface area (Å²) in [4.78, 5) is 2.96. The first-order chi connectivity index (χ1) is 9.49. The summed E-state index contributed by atoms with van der Waals surface area (Å²) in [7, 11) is 0. The first-order valence-corrected chi connectivity index (χ1v) is 7.07. The number of benzene rings is 2. The van der Waals surface area contributed by atoms with E-state index in [-0.39, 0.29) is 10.7 Å². The summed E-state index contributed by atoms with van der Waals surface area (Å²) < 4.78 is 15.9. The lowest BCUT2D eigenvalue weighted by Gasteiger charge is -2.08. The molecule has 0 unspecified atom stereocenters. The summed E-state index contributed by atoms with van der Waals surface area (Å²) in [5.74, 6) is -0.472. The summed E-state index contributed by atoms with van der Waals surface area (Å²) >= 11 is 23.3. The van der Waals surface area contributed by atoms with Crippen molar-refractivity contribution in [3.8, 4) is 5.69 Å². The zero-order valence-corrected chi connectivity index (χ0v) is 12.8. The predicted octanol–water partition coefficient (Wildman–Crippen LogP) is 5.79. The highest BCUT2D eigenvalue weighted by molar-refractivity contribution is 7.71. The third kappa shape index (κ3) is 2.13. The van der Waals surface area contributed by atoms with Crippen molar-refractivity contribution in [1.82, 2.24) is 9.55 Å². The highest BCUT2D eigenvalue weighted by atomic mass is 35.5. The molecule has 0 saturated carbocycles. The van der Waals surface area contributed by atoms with Gasteiger partial charge in [0.05, 0.1) is 26.1 Å². The second-order valence-corrected chi connectivity index (χ2v) is 5.73. The van der Waals surface area contributed by atoms with Crippen molar-refractivity contribution in [1.29, 1.82) is 0 Å². The van der Waals surface area contributed by atoms with E-state index in [4.69, 9.17) is 47.0 Å². The van der Waals surface area contributed by atoms with Crippen molar-refractivity contribution in [2.24, 2.45) is 0 Å². The van der Waals surface area contributed by atoms with Crippen LogP contribution in [-0.2, 0) is 0 Å². The molecule has 7 heteroatoms. The molecular weight excluding hydrogens is 342 g/mol. The van der Waals surface area contributed by atoms with Crippen LogP contribution < -0.4 is 0 Å². The summed E-state index contributed by atoms with van der Waals surface area (Å²) in [5.41, 5.74) is 1.45. The molecule has 20 heavy (non-hydrogen) atoms. The zero-order valence-electron chi connectivity index (χ0n) is 9.75. The van der Waals surface area contributed by atoms with Crippen LogP contribution in [0.25, 0.3) is 16.7 Å². The van der Waals surface area contributed by atoms with Crippen molar-refractivity contribution >= 4 is 58.1 Å². The van der Waals surface area contributed by atoms with Gasteiger partial charge in [-0.15, -0.1) is 0 Å². The fraction of sp³-hybridized carbons (Fsp3) is 0. The molecule has 0 bridgehead atoms. The van der Waals surface area contributed by atoms with E-state index in [0.717, 1.165) is 0 Å². The van der Waals surface area contributed by atoms with Gasteiger partial charge in [0.2, 0.25) is 0 Å². The Kier molecular flexibility index (Phi) is 3.50. The molecule has 1 heterocycles. The van der Waals surface area contributed by atoms with Gasteiger partial charge in [0.15, 0.2) is 4.77 Å². The van der Waals surface area contributed by atoms with Gasteiger partial charge in [-0.05, 0) is 36.5 Å². The van der Waals surface area contributed by atoms with Gasteiger partial charge < -0.3 is 4.98 Å². The quantitative estimate of drug-likeness (QED) is 0.553. The van der Waals surface area contributed by atoms with Crippen LogP contribution >= 0.6 is 47.0 Å². The molecule has 0 aliphatic carbocycles. The fourth-order valence-corrected chi connectivity index (χ4v) is 2.90. The molecule has 0 saturated heterocycles. The number of aromatic nitrogens is 2. The first-order valence-electron chi connectivity index (χ1n) is 5.53. The van der Waals surface area contributed by atoms with Crippen molar-refractivity contribution in [2.75, 3.05) is 0 Å². The molecular formula is C13H6Cl3FN2S. The minimum atomic E-state index is -0.472. The Morgan fingerprint density at radius 3 is 2.45 bits per heavy atom. The van der Waals surface area contributed by atoms with E-state index in [1.54, 1.807) is 18.2 Å². The Hall–Kier alpha value is -1.07. The van der Waals surface area contributed by atoms with Gasteiger partial charge in [-0.1, -0.05) is 40.9 Å². The summed E-state index contributed by atoms with van der Waals surface area (Å²) in [6.07, 6.45) is 0. The van der Waals surface area contributed by atoms with Crippen LogP contribution in [0.5, 0.6) is 0 Å². The number of rotatable bonds is 1. The van der Waals surface area contributed by atoms with Gasteiger partial charge in [0.25, 0.3) is 0 Å². The number of imidazole rings is 1. The lowest BCUT2D eigenvalue weighted by molar-refractivity contribution is 0.619. The van der Waals surface area contributed by atoms with Gasteiger partial charge in [-0.25, -0.2) is 4.39 Å². The highest BCUT2D eigenvalue weighted by Gasteiger charge is 2.15. The average molecular weight is 348 g/mol. The number of nitrogens with one attached hydrogen (secondary N) is 1. The van der Waals surface area contributed by atoms with Gasteiger partial charge in [-0.3, -0.25) is 4.57 Å². The third-order valence-electron chi connectivity index (χ3n) is 2.89. The first kappa shape index (κ1) is 13.9. The number of hydrogen-bond donors (Lipinski definition) is 1. The number of para-hydroxylation sites is 1. The Bertz CT molecular complexity index is 865. The normalized spacial score (nSPS) is 11.2. The van der Waals surface area contributed by atoms with Crippen LogP contribution in [0.2, 0.25) is 15.1 Å². The maximum Gasteiger partial charge on any atom is 0.182 e. The maximum absolute atomic E-state index is 14.1. The molecule has 3 aromatic rings. The molecule has 0 aliphatic heterocycles. The van der Waals surface area contributed by atoms with Crippen LogP contribution in [0, 0.1) is 10.6 Å². The minimum Gasteiger partial charge on any atom is -0.330 e. The van der Waals surface area contributed by atoms with Crippen LogP contribution in [0.4, 0.5) is 4.39 Å². The SMILES string of the molecule is Fc1cccc(Cl)c1-n1c(=S)[nH]c2cc(Cl)c(Cl)cc21. The van der Waals surface area contributed by atoms with Crippen LogP contribution in [0.15, 0.2) is 30.3 Å². The summed E-state index contributed by atoms with van der Waals surface area (Å²) in [6.45, 7) is 0. The van der Waals surface area contributed by atoms with Crippen molar-refractivity contribution in [3.05, 3.63) is 56.0 Å². The Labute approximate surface area is 133 Å². The van der Waals surface area contributed by atoms with Crippen LogP contribution in [-0.4, -0.2) is 9.55 Å². The number of aromatic amines is 1. The topological polar surface area (TPSA) is 20.7 Å². The van der Waals surface area contributed by atoms with E-state index >= 15 is 0 Å². The Balaban J connectivity index is 2.46. The maximum atomic E-state index is 14.1. The molecule has 2 nitrogen and oxygen atoms in total. The number of H-pyrrole nitrogens is 1. The van der Waals surface area contributed by atoms with E-state index in [0.29, 0.717) is 25.8 Å². The fourth-order valence-electron chi connectivity index (χ4n) is 2.03. The second-order valence-electron chi connectivity index (χ2n) is 4.12. The van der Waals surface area contributed by atoms with Crippen molar-refractivity contribution in [2.45, 2.75) is 0 Å². The lowest BCUT2D eigenvalue weighted by atomic mass is 10.2. The predicted molar refractivity (Wildman–Crippen MR) is 83.4 cm³/mol. The van der Waals surface area contributed by atoms with Gasteiger partial charge in [0.1, 0.15) is 11.5 Å². The average Bonchev–Trinajstić information content (AvgIpc) is 2.67. The molecule has 102 valence electrons. The molecule has 0 atom stereocenters. The molecule has 0 radical (unpaired) electrons. The van der Waals surface area contributed by atoms with E-state index in [2.05, 4.69) is 4.98 Å². The lowest BCUT2D eigenvalue weighted by Crippen LogP contribution is -1.98. The zero-order chi connectivity index (χ0) is 14.4. The van der Waals surface area contributed by atoms with E-state index in [9.17, 15) is 4.39 Å². The molecule has 0 fully saturated rings. The van der Waals surface area contributed by atoms with Crippen molar-refractivity contribution in [3.63, 3.8) is 0 Å². The third-order valence-corrected chi connectivity index (χ3v) is 4.20. The number of fused-ring (bicyclic) bond motifs is 1. The molecule has 1 N–H and O–H groups in total. The number of halogens is 4. The van der Waals surface area contributed by atoms with E-state index in [1.165, 1.54) is 16.7 Å². The molecule has 0 aliphatic rings. The molecule has 0 amide bonds. The summed E-state index contributed by atoms with van der Waals surface area (Å²) in [6, 6.07) is 7.70. The standard InChI is InChI=1S/C13H6Cl3FN2S/c14-6-2-1-3-9(17)12(6)19-11-5-8(16)7(15)4-10(11)18-13(19)20/h1-5H,(H,18,20). The minimum absolute atomic E-state index is 0.184. The number of nitrogens with zero attached hydrogens (tertiary/aromatic N) is 1. The Morgan fingerprint density at radius 1 is 1.05 bits per heavy atom. The molecule has 3 rings (SSSR count). The molecule has 0 spiro atoms. The van der Waals surface area contributed by atoms with Crippen LogP contribution in [0.3, 0.4) is 0 Å². The summed E-state index contributed by atoms with van der Waals surface area (Å²) in [5, 5.41) is 1.00. The van der Waals surface area contributed by atoms with Gasteiger partial charge in [-0.2, -0.15) is 0 Å². The van der Waals surface area contributed by atoms with E-state index < -0.39 is 5.82 Å². The second kappa shape index (κ2) is 5.04. The van der Waals surface area contributed by atoms with Crippen LogP contribution in [0.1, 0.15) is 0 Å². The van der Waals surface area contributed by atoms with Gasteiger partial charge >= 0.3 is 0 Å². The molecule has 1 aromatic heterocycles. The van der Waals surface area contributed by atoms with Gasteiger partial charge in [0, 0.05) is 0 Å². The largest absolute Gasteiger partial charge is 0.330 e. The van der Waals surface area contributed by atoms with E-state index in [1.807, 2.05) is 0 Å². The highest BCUT2D eigenvalue weighted by Crippen LogP contribution is 2.32. The monoisotopic (exact) mass is 346 g/mol. The Morgan fingerprint density at radius 2 is 1.75 bits per heavy atom. The number of hydrogen-bond acceptors (Lipinski definition) is 1. The van der Waals surface area contributed by atoms with Crippen molar-refractivity contribution < 1.29 is 4.39 Å².